The predicted molar refractivity (Wildman–Crippen MR) is 101 cm³/mol. The molecule has 7 nitrogen and oxygen atoms in total. The van der Waals surface area contributed by atoms with Gasteiger partial charge in [0.1, 0.15) is 5.76 Å². The zero-order valence-corrected chi connectivity index (χ0v) is 16.9. The van der Waals surface area contributed by atoms with Gasteiger partial charge >= 0.3 is 0 Å². The lowest BCUT2D eigenvalue weighted by molar-refractivity contribution is 0.392. The topological polar surface area (TPSA) is 96.6 Å². The third kappa shape index (κ3) is 5.94. The second-order valence-electron chi connectivity index (χ2n) is 5.56. The van der Waals surface area contributed by atoms with Crippen LogP contribution in [0.1, 0.15) is 30.4 Å². The highest BCUT2D eigenvalue weighted by molar-refractivity contribution is 14.0. The SMILES string of the molecule is CCNC(=NCCc1c(C)noc1C)NC1CCS(=O)(=O)C1.I. The maximum atomic E-state index is 11.5. The molecule has 1 fully saturated rings. The first kappa shape index (κ1) is 20.2. The third-order valence-electron chi connectivity index (χ3n) is 3.73. The number of aromatic nitrogens is 1. The van der Waals surface area contributed by atoms with Crippen LogP contribution in [0.2, 0.25) is 0 Å². The van der Waals surface area contributed by atoms with Crippen molar-refractivity contribution in [3.8, 4) is 0 Å². The van der Waals surface area contributed by atoms with E-state index in [2.05, 4.69) is 20.8 Å². The Hall–Kier alpha value is -0.840. The van der Waals surface area contributed by atoms with Crippen LogP contribution in [-0.4, -0.2) is 50.2 Å². The fraction of sp³-hybridized carbons (Fsp3) is 0.714. The smallest absolute Gasteiger partial charge is 0.191 e. The highest BCUT2D eigenvalue weighted by atomic mass is 127. The van der Waals surface area contributed by atoms with Crippen LogP contribution in [-0.2, 0) is 16.3 Å². The number of nitrogens with zero attached hydrogens (tertiary/aromatic N) is 2. The fourth-order valence-electron chi connectivity index (χ4n) is 2.56. The van der Waals surface area contributed by atoms with Crippen molar-refractivity contribution in [3.63, 3.8) is 0 Å². The highest BCUT2D eigenvalue weighted by Gasteiger charge is 2.28. The number of hydrogen-bond acceptors (Lipinski definition) is 5. The van der Waals surface area contributed by atoms with E-state index < -0.39 is 9.84 Å². The second kappa shape index (κ2) is 8.86. The molecular formula is C14H25IN4O3S. The van der Waals surface area contributed by atoms with Crippen LogP contribution in [0.5, 0.6) is 0 Å². The predicted octanol–water partition coefficient (Wildman–Crippen LogP) is 1.19. The van der Waals surface area contributed by atoms with Gasteiger partial charge in [-0.3, -0.25) is 4.99 Å². The molecule has 0 bridgehead atoms. The van der Waals surface area contributed by atoms with Crippen LogP contribution in [0.15, 0.2) is 9.52 Å². The Morgan fingerprint density at radius 1 is 1.43 bits per heavy atom. The number of sulfone groups is 1. The summed E-state index contributed by atoms with van der Waals surface area (Å²) in [6.07, 6.45) is 1.39. The molecule has 1 unspecified atom stereocenters. The third-order valence-corrected chi connectivity index (χ3v) is 5.50. The van der Waals surface area contributed by atoms with Crippen molar-refractivity contribution < 1.29 is 12.9 Å². The van der Waals surface area contributed by atoms with Crippen LogP contribution in [0, 0.1) is 13.8 Å². The molecular weight excluding hydrogens is 431 g/mol. The number of halogens is 1. The summed E-state index contributed by atoms with van der Waals surface area (Å²) in [6, 6.07) is -0.0538. The van der Waals surface area contributed by atoms with Crippen molar-refractivity contribution in [1.82, 2.24) is 15.8 Å². The monoisotopic (exact) mass is 456 g/mol. The van der Waals surface area contributed by atoms with Crippen molar-refractivity contribution in [2.45, 2.75) is 39.7 Å². The molecule has 2 N–H and O–H groups in total. The lowest BCUT2D eigenvalue weighted by Gasteiger charge is -2.15. The zero-order chi connectivity index (χ0) is 16.2. The maximum absolute atomic E-state index is 11.5. The van der Waals surface area contributed by atoms with E-state index in [0.29, 0.717) is 18.9 Å². The molecule has 1 aromatic rings. The van der Waals surface area contributed by atoms with Gasteiger partial charge in [0.15, 0.2) is 15.8 Å². The molecule has 1 atom stereocenters. The second-order valence-corrected chi connectivity index (χ2v) is 7.79. The molecule has 1 aliphatic heterocycles. The Balaban J connectivity index is 0.00000264. The maximum Gasteiger partial charge on any atom is 0.191 e. The number of guanidine groups is 1. The molecule has 0 saturated carbocycles. The number of aliphatic imine (C=N–C) groups is 1. The van der Waals surface area contributed by atoms with Gasteiger partial charge in [0.25, 0.3) is 0 Å². The summed E-state index contributed by atoms with van der Waals surface area (Å²) in [4.78, 5) is 4.51. The molecule has 9 heteroatoms. The molecule has 0 aliphatic carbocycles. The largest absolute Gasteiger partial charge is 0.361 e. The van der Waals surface area contributed by atoms with Crippen LogP contribution in [0.25, 0.3) is 0 Å². The Morgan fingerprint density at radius 2 is 2.17 bits per heavy atom. The van der Waals surface area contributed by atoms with Gasteiger partial charge in [-0.05, 0) is 33.6 Å². The average molecular weight is 456 g/mol. The van der Waals surface area contributed by atoms with Crippen LogP contribution >= 0.6 is 24.0 Å². The number of hydrogen-bond donors (Lipinski definition) is 2. The molecule has 0 radical (unpaired) electrons. The molecule has 2 rings (SSSR count). The Bertz CT molecular complexity index is 623. The number of nitrogens with one attached hydrogen (secondary N) is 2. The molecule has 0 amide bonds. The van der Waals surface area contributed by atoms with E-state index in [9.17, 15) is 8.42 Å². The first-order valence-electron chi connectivity index (χ1n) is 7.58. The molecule has 1 saturated heterocycles. The van der Waals surface area contributed by atoms with Gasteiger partial charge in [0, 0.05) is 24.7 Å². The molecule has 2 heterocycles. The molecule has 0 aromatic carbocycles. The van der Waals surface area contributed by atoms with E-state index in [-0.39, 0.29) is 41.5 Å². The van der Waals surface area contributed by atoms with Gasteiger partial charge in [-0.1, -0.05) is 5.16 Å². The first-order valence-corrected chi connectivity index (χ1v) is 9.40. The lowest BCUT2D eigenvalue weighted by atomic mass is 10.1. The first-order chi connectivity index (χ1) is 10.4. The van der Waals surface area contributed by atoms with Gasteiger partial charge in [-0.15, -0.1) is 24.0 Å². The van der Waals surface area contributed by atoms with Gasteiger partial charge in [0.05, 0.1) is 17.2 Å². The summed E-state index contributed by atoms with van der Waals surface area (Å²) < 4.78 is 28.1. The normalized spacial score (nSPS) is 20.1. The quantitative estimate of drug-likeness (QED) is 0.393. The van der Waals surface area contributed by atoms with Crippen molar-refractivity contribution >= 4 is 39.8 Å². The average Bonchev–Trinajstić information content (AvgIpc) is 2.94. The summed E-state index contributed by atoms with van der Waals surface area (Å²) >= 11 is 0. The van der Waals surface area contributed by atoms with Crippen LogP contribution in [0.4, 0.5) is 0 Å². The highest BCUT2D eigenvalue weighted by Crippen LogP contribution is 2.13. The van der Waals surface area contributed by atoms with E-state index in [1.54, 1.807) is 0 Å². The molecule has 1 aliphatic rings. The summed E-state index contributed by atoms with van der Waals surface area (Å²) in [5.74, 6) is 1.92. The van der Waals surface area contributed by atoms with E-state index in [1.165, 1.54) is 0 Å². The van der Waals surface area contributed by atoms with Crippen molar-refractivity contribution in [1.29, 1.82) is 0 Å². The number of rotatable bonds is 5. The molecule has 0 spiro atoms. The lowest BCUT2D eigenvalue weighted by Crippen LogP contribution is -2.44. The van der Waals surface area contributed by atoms with Gasteiger partial charge in [-0.2, -0.15) is 0 Å². The minimum absolute atomic E-state index is 0. The van der Waals surface area contributed by atoms with E-state index >= 15 is 0 Å². The van der Waals surface area contributed by atoms with E-state index in [0.717, 1.165) is 30.0 Å². The van der Waals surface area contributed by atoms with Gasteiger partial charge in [-0.25, -0.2) is 8.42 Å². The summed E-state index contributed by atoms with van der Waals surface area (Å²) in [5.41, 5.74) is 1.98. The van der Waals surface area contributed by atoms with E-state index in [4.69, 9.17) is 4.52 Å². The zero-order valence-electron chi connectivity index (χ0n) is 13.8. The van der Waals surface area contributed by atoms with Gasteiger partial charge in [0.2, 0.25) is 0 Å². The van der Waals surface area contributed by atoms with Crippen LogP contribution in [0.3, 0.4) is 0 Å². The van der Waals surface area contributed by atoms with Crippen LogP contribution < -0.4 is 10.6 Å². The molecule has 1 aromatic heterocycles. The molecule has 23 heavy (non-hydrogen) atoms. The Morgan fingerprint density at radius 3 is 2.70 bits per heavy atom. The Labute approximate surface area is 154 Å². The summed E-state index contributed by atoms with van der Waals surface area (Å²) in [7, 11) is -2.89. The van der Waals surface area contributed by atoms with Crippen molar-refractivity contribution in [2.24, 2.45) is 4.99 Å². The van der Waals surface area contributed by atoms with Gasteiger partial charge < -0.3 is 15.2 Å². The number of aryl methyl sites for hydroxylation is 2. The Kier molecular flexibility index (Phi) is 7.78. The van der Waals surface area contributed by atoms with Crippen molar-refractivity contribution in [2.75, 3.05) is 24.6 Å². The minimum Gasteiger partial charge on any atom is -0.361 e. The fourth-order valence-corrected chi connectivity index (χ4v) is 4.23. The summed E-state index contributed by atoms with van der Waals surface area (Å²) in [5, 5.41) is 10.3. The minimum atomic E-state index is -2.89. The summed E-state index contributed by atoms with van der Waals surface area (Å²) in [6.45, 7) is 7.12. The van der Waals surface area contributed by atoms with E-state index in [1.807, 2.05) is 20.8 Å². The van der Waals surface area contributed by atoms with Crippen molar-refractivity contribution in [3.05, 3.63) is 17.0 Å². The standard InChI is InChI=1S/C14H24N4O3S.HI/c1-4-15-14(17-12-6-8-22(19,20)9-12)16-7-5-13-10(2)18-21-11(13)3;/h12H,4-9H2,1-3H3,(H2,15,16,17);1H. The molecule has 132 valence electrons.